The number of hydrogen-bond acceptors (Lipinski definition) is 3. The van der Waals surface area contributed by atoms with Crippen LogP contribution in [-0.2, 0) is 19.4 Å². The Morgan fingerprint density at radius 1 is 1.17 bits per heavy atom. The molecule has 0 atom stereocenters. The molecule has 24 heavy (non-hydrogen) atoms. The summed E-state index contributed by atoms with van der Waals surface area (Å²) in [5.74, 6) is -1.21. The molecule has 0 radical (unpaired) electrons. The summed E-state index contributed by atoms with van der Waals surface area (Å²) >= 11 is 2.61. The third-order valence-corrected chi connectivity index (χ3v) is 3.68. The molecule has 2 rings (SSSR count). The zero-order valence-corrected chi connectivity index (χ0v) is 13.5. The third-order valence-electron chi connectivity index (χ3n) is 2.93. The topological polar surface area (TPSA) is 75.6 Å². The van der Waals surface area contributed by atoms with Gasteiger partial charge in [0, 0.05) is 7.05 Å². The van der Waals surface area contributed by atoms with E-state index in [0.717, 1.165) is 7.05 Å². The van der Waals surface area contributed by atoms with E-state index in [1.165, 1.54) is 6.92 Å². The van der Waals surface area contributed by atoms with Gasteiger partial charge in [0.2, 0.25) is 0 Å². The highest BCUT2D eigenvalue weighted by molar-refractivity contribution is 9.10. The Bertz CT molecular complexity index is 790. The van der Waals surface area contributed by atoms with Crippen LogP contribution in [0.15, 0.2) is 4.47 Å². The molecule has 132 valence electrons. The van der Waals surface area contributed by atoms with Crippen molar-refractivity contribution in [3.05, 3.63) is 27.2 Å². The van der Waals surface area contributed by atoms with Gasteiger partial charge in [-0.1, -0.05) is 0 Å². The number of amides is 1. The standard InChI is InChI=1S/C11H8BrF6N5O/c1-3-5(8(21-20-3)11(16,17)18)19-9(24)6-4(12)7(10(13,14)15)22-23(6)2/h1-2H3,(H,19,24)(H,20,21). The largest absolute Gasteiger partial charge is 0.437 e. The smallest absolute Gasteiger partial charge is 0.317 e. The van der Waals surface area contributed by atoms with Crippen LogP contribution < -0.4 is 5.32 Å². The van der Waals surface area contributed by atoms with Crippen LogP contribution in [0.3, 0.4) is 0 Å². The number of halogens is 7. The highest BCUT2D eigenvalue weighted by Crippen LogP contribution is 2.37. The minimum absolute atomic E-state index is 0.106. The van der Waals surface area contributed by atoms with Crippen LogP contribution in [0.1, 0.15) is 27.6 Å². The van der Waals surface area contributed by atoms with E-state index < -0.39 is 45.5 Å². The second kappa shape index (κ2) is 5.79. The number of anilines is 1. The van der Waals surface area contributed by atoms with Gasteiger partial charge in [-0.15, -0.1) is 0 Å². The minimum Gasteiger partial charge on any atom is -0.317 e. The lowest BCUT2D eigenvalue weighted by Gasteiger charge is -2.09. The summed E-state index contributed by atoms with van der Waals surface area (Å²) in [6.45, 7) is 1.22. The summed E-state index contributed by atoms with van der Waals surface area (Å²) in [6, 6.07) is 0. The van der Waals surface area contributed by atoms with Gasteiger partial charge in [0.15, 0.2) is 11.4 Å². The maximum atomic E-state index is 12.8. The predicted octanol–water partition coefficient (Wildman–Crippen LogP) is 3.50. The van der Waals surface area contributed by atoms with Crippen molar-refractivity contribution in [2.75, 3.05) is 5.32 Å². The van der Waals surface area contributed by atoms with E-state index in [1.54, 1.807) is 0 Å². The molecule has 0 saturated heterocycles. The van der Waals surface area contributed by atoms with Gasteiger partial charge in [-0.05, 0) is 22.9 Å². The predicted molar refractivity (Wildman–Crippen MR) is 72.2 cm³/mol. The summed E-state index contributed by atoms with van der Waals surface area (Å²) < 4.78 is 76.7. The second-order valence-electron chi connectivity index (χ2n) is 4.66. The molecule has 2 heterocycles. The zero-order valence-electron chi connectivity index (χ0n) is 11.9. The molecule has 0 bridgehead atoms. The SMILES string of the molecule is Cc1[nH]nc(C(F)(F)F)c1NC(=O)c1c(Br)c(C(F)(F)F)nn1C. The maximum absolute atomic E-state index is 12.8. The van der Waals surface area contributed by atoms with Gasteiger partial charge in [0.25, 0.3) is 5.91 Å². The number of nitrogens with zero attached hydrogens (tertiary/aromatic N) is 3. The van der Waals surface area contributed by atoms with Crippen LogP contribution in [0.2, 0.25) is 0 Å². The molecule has 6 nitrogen and oxygen atoms in total. The summed E-state index contributed by atoms with van der Waals surface area (Å²) in [5, 5.41) is 10.2. The Morgan fingerprint density at radius 3 is 2.17 bits per heavy atom. The van der Waals surface area contributed by atoms with Crippen LogP contribution in [-0.4, -0.2) is 25.9 Å². The number of H-pyrrole nitrogens is 1. The molecule has 0 aromatic carbocycles. The van der Waals surface area contributed by atoms with Crippen LogP contribution >= 0.6 is 15.9 Å². The number of carbonyl (C=O) groups is 1. The number of aryl methyl sites for hydroxylation is 2. The number of carbonyl (C=O) groups excluding carboxylic acids is 1. The number of rotatable bonds is 2. The molecule has 0 saturated carbocycles. The first-order valence-corrected chi connectivity index (χ1v) is 6.86. The molecular weight excluding hydrogens is 412 g/mol. The average molecular weight is 420 g/mol. The molecule has 0 fully saturated rings. The lowest BCUT2D eigenvalue weighted by atomic mass is 10.2. The van der Waals surface area contributed by atoms with Crippen molar-refractivity contribution in [3.63, 3.8) is 0 Å². The first-order chi connectivity index (χ1) is 10.8. The Kier molecular flexibility index (Phi) is 4.41. The first kappa shape index (κ1) is 18.3. The first-order valence-electron chi connectivity index (χ1n) is 6.07. The Hall–Kier alpha value is -2.05. The van der Waals surface area contributed by atoms with Gasteiger partial charge in [-0.25, -0.2) is 0 Å². The van der Waals surface area contributed by atoms with Gasteiger partial charge in [0.05, 0.1) is 15.9 Å². The van der Waals surface area contributed by atoms with Crippen LogP contribution in [0, 0.1) is 6.92 Å². The lowest BCUT2D eigenvalue weighted by molar-refractivity contribution is -0.142. The van der Waals surface area contributed by atoms with E-state index in [0.29, 0.717) is 4.68 Å². The van der Waals surface area contributed by atoms with Gasteiger partial charge in [-0.3, -0.25) is 14.6 Å². The van der Waals surface area contributed by atoms with Gasteiger partial charge < -0.3 is 5.32 Å². The van der Waals surface area contributed by atoms with Gasteiger partial charge >= 0.3 is 12.4 Å². The summed E-state index contributed by atoms with van der Waals surface area (Å²) in [6.07, 6.45) is -9.69. The van der Waals surface area contributed by atoms with Crippen molar-refractivity contribution in [2.45, 2.75) is 19.3 Å². The van der Waals surface area contributed by atoms with Crippen molar-refractivity contribution < 1.29 is 31.1 Å². The molecule has 0 aliphatic rings. The highest BCUT2D eigenvalue weighted by Gasteiger charge is 2.41. The van der Waals surface area contributed by atoms with Crippen molar-refractivity contribution >= 4 is 27.5 Å². The molecule has 2 aromatic rings. The zero-order chi connectivity index (χ0) is 18.4. The van der Waals surface area contributed by atoms with E-state index in [1.807, 2.05) is 5.32 Å². The molecule has 13 heteroatoms. The Labute approximate surface area is 138 Å². The quantitative estimate of drug-likeness (QED) is 0.731. The molecule has 0 aliphatic heterocycles. The highest BCUT2D eigenvalue weighted by atomic mass is 79.9. The number of nitrogens with one attached hydrogen (secondary N) is 2. The van der Waals surface area contributed by atoms with Crippen LogP contribution in [0.25, 0.3) is 0 Å². The van der Waals surface area contributed by atoms with E-state index in [4.69, 9.17) is 0 Å². The van der Waals surface area contributed by atoms with Gasteiger partial charge in [0.1, 0.15) is 5.69 Å². The molecule has 1 amide bonds. The van der Waals surface area contributed by atoms with Crippen molar-refractivity contribution in [3.8, 4) is 0 Å². The molecule has 0 aliphatic carbocycles. The van der Waals surface area contributed by atoms with Crippen molar-refractivity contribution in [2.24, 2.45) is 7.05 Å². The maximum Gasteiger partial charge on any atom is 0.437 e. The monoisotopic (exact) mass is 419 g/mol. The molecular formula is C11H8BrF6N5O. The lowest BCUT2D eigenvalue weighted by Crippen LogP contribution is -2.19. The number of hydrogen-bond donors (Lipinski definition) is 2. The van der Waals surface area contributed by atoms with E-state index >= 15 is 0 Å². The minimum atomic E-state index is -4.85. The molecule has 2 N–H and O–H groups in total. The van der Waals surface area contributed by atoms with Crippen molar-refractivity contribution in [1.29, 1.82) is 0 Å². The average Bonchev–Trinajstić information content (AvgIpc) is 2.90. The molecule has 2 aromatic heterocycles. The second-order valence-corrected chi connectivity index (χ2v) is 5.45. The fourth-order valence-corrected chi connectivity index (χ4v) is 2.63. The van der Waals surface area contributed by atoms with Crippen LogP contribution in [0.4, 0.5) is 32.0 Å². The summed E-state index contributed by atoms with van der Waals surface area (Å²) in [7, 11) is 1.06. The summed E-state index contributed by atoms with van der Waals surface area (Å²) in [5.41, 5.74) is -4.12. The van der Waals surface area contributed by atoms with Crippen LogP contribution in [0.5, 0.6) is 0 Å². The summed E-state index contributed by atoms with van der Waals surface area (Å²) in [4.78, 5) is 12.1. The normalized spacial score (nSPS) is 12.5. The fourth-order valence-electron chi connectivity index (χ4n) is 1.89. The third kappa shape index (κ3) is 3.25. The fraction of sp³-hybridized carbons (Fsp3) is 0.364. The molecule has 0 unspecified atom stereocenters. The number of aromatic amines is 1. The Balaban J connectivity index is 2.43. The van der Waals surface area contributed by atoms with Crippen molar-refractivity contribution in [1.82, 2.24) is 20.0 Å². The Morgan fingerprint density at radius 2 is 1.71 bits per heavy atom. The molecule has 0 spiro atoms. The number of aromatic nitrogens is 4. The van der Waals surface area contributed by atoms with E-state index in [-0.39, 0.29) is 5.69 Å². The number of alkyl halides is 6. The van der Waals surface area contributed by atoms with E-state index in [2.05, 4.69) is 31.2 Å². The van der Waals surface area contributed by atoms with Gasteiger partial charge in [-0.2, -0.15) is 36.5 Å². The van der Waals surface area contributed by atoms with E-state index in [9.17, 15) is 31.1 Å².